The number of nitrogens with one attached hydrogen (secondary N) is 1. The molecule has 0 unspecified atom stereocenters. The molecule has 192 valence electrons. The zero-order valence-electron chi connectivity index (χ0n) is 21.0. The van der Waals surface area contributed by atoms with E-state index in [-0.39, 0.29) is 19.1 Å². The minimum absolute atomic E-state index is 0.00922. The van der Waals surface area contributed by atoms with Gasteiger partial charge >= 0.3 is 12.1 Å². The van der Waals surface area contributed by atoms with E-state index in [2.05, 4.69) is 10.3 Å². The molecule has 0 fully saturated rings. The lowest BCUT2D eigenvalue weighted by atomic mass is 10.0. The van der Waals surface area contributed by atoms with E-state index in [0.29, 0.717) is 36.8 Å². The van der Waals surface area contributed by atoms with Gasteiger partial charge in [0.25, 0.3) is 0 Å². The van der Waals surface area contributed by atoms with Crippen molar-refractivity contribution in [2.45, 2.75) is 52.7 Å². The van der Waals surface area contributed by atoms with E-state index in [9.17, 15) is 9.59 Å². The zero-order chi connectivity index (χ0) is 26.1. The van der Waals surface area contributed by atoms with Gasteiger partial charge in [0.1, 0.15) is 17.3 Å². The highest BCUT2D eigenvalue weighted by Crippen LogP contribution is 2.26. The van der Waals surface area contributed by atoms with Gasteiger partial charge in [0.05, 0.1) is 25.5 Å². The number of carbonyl (C=O) groups is 2. The summed E-state index contributed by atoms with van der Waals surface area (Å²) >= 11 is 0. The van der Waals surface area contributed by atoms with E-state index in [0.717, 1.165) is 28.1 Å². The van der Waals surface area contributed by atoms with E-state index >= 15 is 0 Å². The normalized spacial score (nSPS) is 10.8. The Kier molecular flexibility index (Phi) is 9.32. The molecular weight excluding hydrogens is 464 g/mol. The molecule has 3 aromatic rings. The molecule has 0 bridgehead atoms. The summed E-state index contributed by atoms with van der Waals surface area (Å²) < 4.78 is 22.2. The lowest BCUT2D eigenvalue weighted by Crippen LogP contribution is -2.26. The number of rotatable bonds is 12. The van der Waals surface area contributed by atoms with Gasteiger partial charge in [-0.1, -0.05) is 12.1 Å². The Morgan fingerprint density at radius 1 is 1.08 bits per heavy atom. The maximum Gasteiger partial charge on any atom is 0.407 e. The van der Waals surface area contributed by atoms with Crippen LogP contribution in [0.25, 0.3) is 11.5 Å². The monoisotopic (exact) mass is 496 g/mol. The average Bonchev–Trinajstić information content (AvgIpc) is 3.22. The fourth-order valence-electron chi connectivity index (χ4n) is 3.57. The molecule has 0 saturated carbocycles. The number of benzene rings is 2. The number of carbonyl (C=O) groups excluding carboxylic acids is 1. The third kappa shape index (κ3) is 7.76. The molecule has 1 amide bonds. The summed E-state index contributed by atoms with van der Waals surface area (Å²) in [6.45, 7) is 5.96. The molecular formula is C27H32N2O7. The fraction of sp³-hybridized carbons (Fsp3) is 0.370. The number of nitrogens with zero attached hydrogens (tertiary/aromatic N) is 1. The first-order valence-corrected chi connectivity index (χ1v) is 11.8. The van der Waals surface area contributed by atoms with Crippen LogP contribution in [0.4, 0.5) is 4.79 Å². The number of carboxylic acids is 1. The highest BCUT2D eigenvalue weighted by atomic mass is 16.6. The Morgan fingerprint density at radius 2 is 1.89 bits per heavy atom. The first-order valence-electron chi connectivity index (χ1n) is 11.8. The molecule has 2 N–H and O–H groups in total. The second-order valence-corrected chi connectivity index (χ2v) is 8.48. The smallest absolute Gasteiger partial charge is 0.407 e. The Bertz CT molecular complexity index is 1190. The molecule has 0 saturated heterocycles. The van der Waals surface area contributed by atoms with E-state index in [1.165, 1.54) is 0 Å². The molecule has 1 aromatic heterocycles. The van der Waals surface area contributed by atoms with Crippen molar-refractivity contribution in [3.05, 3.63) is 65.0 Å². The van der Waals surface area contributed by atoms with Crippen LogP contribution in [0.5, 0.6) is 11.5 Å². The SMILES string of the molecule is COc1cccc(-c2nc(CCOc3ccc(CCC(=O)O)c(CNC(=O)OC(C)C)c3)c(C)o2)c1. The van der Waals surface area contributed by atoms with E-state index in [1.54, 1.807) is 27.0 Å². The average molecular weight is 497 g/mol. The number of hydrogen-bond donors (Lipinski definition) is 2. The first-order chi connectivity index (χ1) is 17.2. The third-order valence-electron chi connectivity index (χ3n) is 5.37. The van der Waals surface area contributed by atoms with Crippen molar-refractivity contribution in [3.8, 4) is 23.0 Å². The van der Waals surface area contributed by atoms with Crippen molar-refractivity contribution in [1.29, 1.82) is 0 Å². The van der Waals surface area contributed by atoms with Gasteiger partial charge in [0, 0.05) is 24.9 Å². The Balaban J connectivity index is 1.65. The quantitative estimate of drug-likeness (QED) is 0.362. The minimum Gasteiger partial charge on any atom is -0.497 e. The Labute approximate surface area is 210 Å². The van der Waals surface area contributed by atoms with Gasteiger partial charge in [-0.2, -0.15) is 0 Å². The number of hydrogen-bond acceptors (Lipinski definition) is 7. The molecule has 2 aromatic carbocycles. The zero-order valence-corrected chi connectivity index (χ0v) is 21.0. The number of carboxylic acid groups (broad SMARTS) is 1. The standard InChI is InChI=1S/C27H32N2O7/c1-17(2)35-27(32)28-16-21-15-23(10-8-19(21)9-11-25(30)31)34-13-12-24-18(3)36-26(29-24)20-6-5-7-22(14-20)33-4/h5-8,10,14-15,17H,9,11-13,16H2,1-4H3,(H,28,32)(H,30,31). The van der Waals surface area contributed by atoms with Crippen molar-refractivity contribution < 1.29 is 33.3 Å². The molecule has 9 heteroatoms. The number of oxazole rings is 1. The molecule has 0 atom stereocenters. The highest BCUT2D eigenvalue weighted by Gasteiger charge is 2.14. The second kappa shape index (κ2) is 12.6. The van der Waals surface area contributed by atoms with Crippen molar-refractivity contribution in [2.24, 2.45) is 0 Å². The van der Waals surface area contributed by atoms with Gasteiger partial charge in [-0.05, 0) is 68.7 Å². The van der Waals surface area contributed by atoms with Crippen molar-refractivity contribution >= 4 is 12.1 Å². The summed E-state index contributed by atoms with van der Waals surface area (Å²) in [5.41, 5.74) is 3.22. The van der Waals surface area contributed by atoms with Gasteiger partial charge in [0.15, 0.2) is 0 Å². The maximum absolute atomic E-state index is 11.9. The molecule has 9 nitrogen and oxygen atoms in total. The van der Waals surface area contributed by atoms with Gasteiger partial charge in [-0.25, -0.2) is 9.78 Å². The fourth-order valence-corrected chi connectivity index (χ4v) is 3.57. The van der Waals surface area contributed by atoms with Crippen LogP contribution in [0.2, 0.25) is 0 Å². The second-order valence-electron chi connectivity index (χ2n) is 8.48. The minimum atomic E-state index is -0.884. The summed E-state index contributed by atoms with van der Waals surface area (Å²) in [4.78, 5) is 27.6. The lowest BCUT2D eigenvalue weighted by molar-refractivity contribution is -0.136. The van der Waals surface area contributed by atoms with Crippen molar-refractivity contribution in [2.75, 3.05) is 13.7 Å². The summed E-state index contributed by atoms with van der Waals surface area (Å²) in [7, 11) is 1.61. The predicted octanol–water partition coefficient (Wildman–Crippen LogP) is 4.93. The first kappa shape index (κ1) is 26.6. The molecule has 3 rings (SSSR count). The largest absolute Gasteiger partial charge is 0.497 e. The number of alkyl carbamates (subject to hydrolysis) is 1. The number of aromatic nitrogens is 1. The number of amides is 1. The van der Waals surface area contributed by atoms with Crippen LogP contribution in [0.15, 0.2) is 46.9 Å². The molecule has 0 aliphatic rings. The van der Waals surface area contributed by atoms with Crippen molar-refractivity contribution in [1.82, 2.24) is 10.3 Å². The molecule has 0 spiro atoms. The number of aliphatic carboxylic acids is 1. The molecule has 0 aliphatic heterocycles. The van der Waals surface area contributed by atoms with Gasteiger partial charge in [-0.3, -0.25) is 4.79 Å². The number of aryl methyl sites for hydroxylation is 2. The van der Waals surface area contributed by atoms with Gasteiger partial charge in [-0.15, -0.1) is 0 Å². The molecule has 1 heterocycles. The summed E-state index contributed by atoms with van der Waals surface area (Å²) in [5.74, 6) is 1.68. The van der Waals surface area contributed by atoms with E-state index in [4.69, 9.17) is 23.7 Å². The highest BCUT2D eigenvalue weighted by molar-refractivity contribution is 5.68. The van der Waals surface area contributed by atoms with Crippen molar-refractivity contribution in [3.63, 3.8) is 0 Å². The maximum atomic E-state index is 11.9. The van der Waals surface area contributed by atoms with Crippen LogP contribution in [0, 0.1) is 6.92 Å². The summed E-state index contributed by atoms with van der Waals surface area (Å²) in [5, 5.41) is 11.8. The van der Waals surface area contributed by atoms with Crippen LogP contribution < -0.4 is 14.8 Å². The lowest BCUT2D eigenvalue weighted by Gasteiger charge is -2.14. The molecule has 36 heavy (non-hydrogen) atoms. The van der Waals surface area contributed by atoms with Gasteiger partial charge < -0.3 is 29.1 Å². The van der Waals surface area contributed by atoms with Gasteiger partial charge in [0.2, 0.25) is 5.89 Å². The summed E-state index contributed by atoms with van der Waals surface area (Å²) in [6.07, 6.45) is 0.0975. The predicted molar refractivity (Wildman–Crippen MR) is 133 cm³/mol. The molecule has 0 radical (unpaired) electrons. The summed E-state index contributed by atoms with van der Waals surface area (Å²) in [6, 6.07) is 12.9. The number of methoxy groups -OCH3 is 1. The van der Waals surface area contributed by atoms with Crippen LogP contribution in [0.1, 0.15) is 42.8 Å². The Morgan fingerprint density at radius 3 is 2.61 bits per heavy atom. The van der Waals surface area contributed by atoms with Crippen LogP contribution >= 0.6 is 0 Å². The van der Waals surface area contributed by atoms with E-state index < -0.39 is 12.1 Å². The number of ether oxygens (including phenoxy) is 3. The van der Waals surface area contributed by atoms with Crippen LogP contribution in [-0.2, 0) is 28.9 Å². The Hall–Kier alpha value is -4.01. The van der Waals surface area contributed by atoms with Crippen LogP contribution in [-0.4, -0.2) is 42.0 Å². The third-order valence-corrected chi connectivity index (χ3v) is 5.37. The molecule has 0 aliphatic carbocycles. The van der Waals surface area contributed by atoms with Crippen LogP contribution in [0.3, 0.4) is 0 Å². The topological polar surface area (TPSA) is 120 Å². The van der Waals surface area contributed by atoms with E-state index in [1.807, 2.05) is 43.3 Å².